The predicted molar refractivity (Wildman–Crippen MR) is 68.7 cm³/mol. The molecule has 1 aromatic heterocycles. The third-order valence-corrected chi connectivity index (χ3v) is 2.74. The van der Waals surface area contributed by atoms with E-state index in [2.05, 4.69) is 4.98 Å². The summed E-state index contributed by atoms with van der Waals surface area (Å²) in [5.41, 5.74) is 1.64. The van der Waals surface area contributed by atoms with E-state index in [4.69, 9.17) is 0 Å². The van der Waals surface area contributed by atoms with Crippen LogP contribution in [0.25, 0.3) is 0 Å². The quantitative estimate of drug-likeness (QED) is 0.770. The summed E-state index contributed by atoms with van der Waals surface area (Å²) >= 11 is 0. The number of hydrogen-bond acceptors (Lipinski definition) is 3. The molecule has 4 nitrogen and oxygen atoms in total. The largest absolute Gasteiger partial charge is 0.348 e. The molecule has 92 valence electrons. The van der Waals surface area contributed by atoms with E-state index in [-0.39, 0.29) is 18.0 Å². The van der Waals surface area contributed by atoms with Crippen LogP contribution in [0.3, 0.4) is 0 Å². The van der Waals surface area contributed by atoms with Gasteiger partial charge >= 0.3 is 5.69 Å². The highest BCUT2D eigenvalue weighted by Gasteiger charge is 2.10. The third-order valence-electron chi connectivity index (χ3n) is 2.74. The highest BCUT2D eigenvalue weighted by molar-refractivity contribution is 5.95. The van der Waals surface area contributed by atoms with Crippen LogP contribution < -0.4 is 5.69 Å². The van der Waals surface area contributed by atoms with Crippen LogP contribution in [0.2, 0.25) is 0 Å². The van der Waals surface area contributed by atoms with Gasteiger partial charge in [-0.1, -0.05) is 30.3 Å². The molecular formula is C14H14N2O2. The summed E-state index contributed by atoms with van der Waals surface area (Å²) < 4.78 is 1.39. The highest BCUT2D eigenvalue weighted by Crippen LogP contribution is 2.03. The summed E-state index contributed by atoms with van der Waals surface area (Å²) in [5.74, 6) is -0.0912. The number of nitrogens with zero attached hydrogens (tertiary/aromatic N) is 2. The molecule has 0 atom stereocenters. The number of rotatable bonds is 3. The monoisotopic (exact) mass is 242 g/mol. The van der Waals surface area contributed by atoms with E-state index < -0.39 is 0 Å². The molecule has 0 aliphatic rings. The van der Waals surface area contributed by atoms with E-state index in [1.165, 1.54) is 4.57 Å². The molecule has 4 heteroatoms. The van der Waals surface area contributed by atoms with Gasteiger partial charge in [0.25, 0.3) is 0 Å². The molecule has 2 aromatic rings. The maximum Gasteiger partial charge on any atom is 0.348 e. The van der Waals surface area contributed by atoms with E-state index in [0.29, 0.717) is 11.3 Å². The minimum Gasteiger partial charge on any atom is -0.292 e. The first-order chi connectivity index (χ1) is 8.58. The van der Waals surface area contributed by atoms with Crippen molar-refractivity contribution in [2.45, 2.75) is 20.4 Å². The van der Waals surface area contributed by atoms with Crippen LogP contribution in [0.5, 0.6) is 0 Å². The van der Waals surface area contributed by atoms with Gasteiger partial charge in [-0.2, -0.15) is 4.98 Å². The first kappa shape index (κ1) is 12.2. The Bertz CT molecular complexity index is 630. The summed E-state index contributed by atoms with van der Waals surface area (Å²) in [6.07, 6.45) is 0. The van der Waals surface area contributed by atoms with Crippen LogP contribution in [-0.2, 0) is 6.54 Å². The average molecular weight is 242 g/mol. The number of ketones is 1. The molecule has 0 saturated carbocycles. The summed E-state index contributed by atoms with van der Waals surface area (Å²) in [6.45, 7) is 3.59. The normalized spacial score (nSPS) is 10.3. The molecule has 0 spiro atoms. The topological polar surface area (TPSA) is 52.0 Å². The average Bonchev–Trinajstić information content (AvgIpc) is 2.34. The van der Waals surface area contributed by atoms with E-state index in [1.54, 1.807) is 44.2 Å². The Morgan fingerprint density at radius 1 is 1.22 bits per heavy atom. The number of carbonyl (C=O) groups is 1. The van der Waals surface area contributed by atoms with E-state index >= 15 is 0 Å². The van der Waals surface area contributed by atoms with Gasteiger partial charge in [-0.3, -0.25) is 9.36 Å². The van der Waals surface area contributed by atoms with Crippen molar-refractivity contribution in [2.24, 2.45) is 0 Å². The van der Waals surface area contributed by atoms with Gasteiger partial charge in [0, 0.05) is 17.0 Å². The molecule has 1 aromatic carbocycles. The number of hydrogen-bond donors (Lipinski definition) is 0. The van der Waals surface area contributed by atoms with Crippen LogP contribution in [0, 0.1) is 13.8 Å². The lowest BCUT2D eigenvalue weighted by atomic mass is 10.1. The van der Waals surface area contributed by atoms with Gasteiger partial charge in [-0.25, -0.2) is 4.79 Å². The zero-order valence-corrected chi connectivity index (χ0v) is 10.4. The Kier molecular flexibility index (Phi) is 3.37. The zero-order valence-electron chi connectivity index (χ0n) is 10.4. The van der Waals surface area contributed by atoms with E-state index in [9.17, 15) is 9.59 Å². The fourth-order valence-electron chi connectivity index (χ4n) is 1.83. The summed E-state index contributed by atoms with van der Waals surface area (Å²) in [7, 11) is 0. The molecule has 0 aliphatic heterocycles. The lowest BCUT2D eigenvalue weighted by Gasteiger charge is -2.08. The SMILES string of the molecule is Cc1cc(C)n(CC(=O)c2ccccc2)c(=O)n1. The second-order valence-corrected chi connectivity index (χ2v) is 4.20. The molecule has 0 amide bonds. The standard InChI is InChI=1S/C14H14N2O2/c1-10-8-11(2)16(14(18)15-10)9-13(17)12-6-4-3-5-7-12/h3-8H,9H2,1-2H3. The van der Waals surface area contributed by atoms with Gasteiger partial charge in [0.2, 0.25) is 0 Å². The molecule has 0 bridgehead atoms. The highest BCUT2D eigenvalue weighted by atomic mass is 16.2. The van der Waals surface area contributed by atoms with Crippen molar-refractivity contribution in [1.82, 2.24) is 9.55 Å². The van der Waals surface area contributed by atoms with Crippen molar-refractivity contribution in [3.63, 3.8) is 0 Å². The van der Waals surface area contributed by atoms with E-state index in [0.717, 1.165) is 5.69 Å². The van der Waals surface area contributed by atoms with Crippen LogP contribution in [0.1, 0.15) is 21.7 Å². The Labute approximate surface area is 105 Å². The van der Waals surface area contributed by atoms with Crippen LogP contribution >= 0.6 is 0 Å². The molecular weight excluding hydrogens is 228 g/mol. The second kappa shape index (κ2) is 4.96. The van der Waals surface area contributed by atoms with Crippen LogP contribution in [-0.4, -0.2) is 15.3 Å². The van der Waals surface area contributed by atoms with Crippen LogP contribution in [0.4, 0.5) is 0 Å². The summed E-state index contributed by atoms with van der Waals surface area (Å²) in [5, 5.41) is 0. The predicted octanol–water partition coefficient (Wildman–Crippen LogP) is 1.74. The second-order valence-electron chi connectivity index (χ2n) is 4.20. The van der Waals surface area contributed by atoms with Crippen molar-refractivity contribution < 1.29 is 4.79 Å². The summed E-state index contributed by atoms with van der Waals surface area (Å²) in [6, 6.07) is 10.7. The fraction of sp³-hybridized carbons (Fsp3) is 0.214. The Morgan fingerprint density at radius 3 is 2.50 bits per heavy atom. The van der Waals surface area contributed by atoms with Crippen molar-refractivity contribution in [3.05, 3.63) is 63.8 Å². The number of benzene rings is 1. The van der Waals surface area contributed by atoms with Crippen LogP contribution in [0.15, 0.2) is 41.2 Å². The first-order valence-corrected chi connectivity index (χ1v) is 5.71. The third kappa shape index (κ3) is 2.53. The lowest BCUT2D eigenvalue weighted by molar-refractivity contribution is 0.0969. The Hall–Kier alpha value is -2.23. The zero-order chi connectivity index (χ0) is 13.1. The molecule has 0 radical (unpaired) electrons. The van der Waals surface area contributed by atoms with Gasteiger partial charge in [0.1, 0.15) is 0 Å². The Balaban J connectivity index is 2.31. The minimum absolute atomic E-state index is 0.0297. The fourth-order valence-corrected chi connectivity index (χ4v) is 1.83. The molecule has 0 unspecified atom stereocenters. The Morgan fingerprint density at radius 2 is 1.89 bits per heavy atom. The number of aryl methyl sites for hydroxylation is 2. The number of carbonyl (C=O) groups excluding carboxylic acids is 1. The summed E-state index contributed by atoms with van der Waals surface area (Å²) in [4.78, 5) is 27.6. The van der Waals surface area contributed by atoms with E-state index in [1.807, 2.05) is 6.07 Å². The first-order valence-electron chi connectivity index (χ1n) is 5.71. The molecule has 0 saturated heterocycles. The molecule has 0 fully saturated rings. The van der Waals surface area contributed by atoms with Crippen molar-refractivity contribution in [1.29, 1.82) is 0 Å². The molecule has 0 N–H and O–H groups in total. The smallest absolute Gasteiger partial charge is 0.292 e. The lowest BCUT2D eigenvalue weighted by Crippen LogP contribution is -2.28. The van der Waals surface area contributed by atoms with Gasteiger partial charge in [0.15, 0.2) is 5.78 Å². The molecule has 18 heavy (non-hydrogen) atoms. The number of aromatic nitrogens is 2. The molecule has 1 heterocycles. The van der Waals surface area contributed by atoms with Gasteiger partial charge in [-0.05, 0) is 19.9 Å². The van der Waals surface area contributed by atoms with Gasteiger partial charge in [-0.15, -0.1) is 0 Å². The molecule has 0 aliphatic carbocycles. The van der Waals surface area contributed by atoms with Crippen molar-refractivity contribution >= 4 is 5.78 Å². The van der Waals surface area contributed by atoms with Gasteiger partial charge < -0.3 is 0 Å². The maximum atomic E-state index is 12.0. The number of Topliss-reactive ketones (excluding diaryl/α,β-unsaturated/α-hetero) is 1. The molecule has 2 rings (SSSR count). The van der Waals surface area contributed by atoms with Gasteiger partial charge in [0.05, 0.1) is 6.54 Å². The maximum absolute atomic E-state index is 12.0. The van der Waals surface area contributed by atoms with Crippen molar-refractivity contribution in [2.75, 3.05) is 0 Å². The van der Waals surface area contributed by atoms with Crippen molar-refractivity contribution in [3.8, 4) is 0 Å². The minimum atomic E-state index is -0.378.